The third kappa shape index (κ3) is 4.83. The van der Waals surface area contributed by atoms with Crippen LogP contribution in [0.1, 0.15) is 32.9 Å². The van der Waals surface area contributed by atoms with Crippen LogP contribution in [-0.2, 0) is 6.54 Å². The van der Waals surface area contributed by atoms with Gasteiger partial charge in [0.2, 0.25) is 5.95 Å². The van der Waals surface area contributed by atoms with Gasteiger partial charge in [-0.05, 0) is 49.6 Å². The molecule has 138 valence electrons. The summed E-state index contributed by atoms with van der Waals surface area (Å²) in [6.45, 7) is 6.28. The van der Waals surface area contributed by atoms with Crippen LogP contribution in [0.5, 0.6) is 0 Å². The van der Waals surface area contributed by atoms with Gasteiger partial charge in [0.1, 0.15) is 5.69 Å². The van der Waals surface area contributed by atoms with E-state index in [1.54, 1.807) is 6.07 Å². The number of hydrogen-bond donors (Lipinski definition) is 2. The molecule has 27 heavy (non-hydrogen) atoms. The molecule has 0 spiro atoms. The van der Waals surface area contributed by atoms with Crippen LogP contribution >= 0.6 is 11.6 Å². The second-order valence-electron chi connectivity index (χ2n) is 6.45. The monoisotopic (exact) mass is 380 g/mol. The van der Waals surface area contributed by atoms with Crippen molar-refractivity contribution >= 4 is 29.1 Å². The predicted octanol–water partition coefficient (Wildman–Crippen LogP) is 4.92. The first-order valence-electron chi connectivity index (χ1n) is 8.64. The number of nitrogens with one attached hydrogen (secondary N) is 2. The molecule has 0 saturated carbocycles. The molecule has 0 fully saturated rings. The number of benzene rings is 2. The topological polar surface area (TPSA) is 66.9 Å². The van der Waals surface area contributed by atoms with Crippen LogP contribution in [0.2, 0.25) is 5.02 Å². The Bertz CT molecular complexity index is 950. The van der Waals surface area contributed by atoms with Crippen molar-refractivity contribution < 1.29 is 4.79 Å². The van der Waals surface area contributed by atoms with Crippen molar-refractivity contribution in [3.05, 3.63) is 81.6 Å². The molecular formula is C21H21ClN4O. The molecule has 0 aliphatic heterocycles. The lowest BCUT2D eigenvalue weighted by Crippen LogP contribution is -2.17. The average molecular weight is 381 g/mol. The Morgan fingerprint density at radius 2 is 1.78 bits per heavy atom. The Labute approximate surface area is 163 Å². The third-order valence-corrected chi connectivity index (χ3v) is 4.35. The first-order valence-corrected chi connectivity index (χ1v) is 9.02. The molecule has 0 radical (unpaired) electrons. The molecule has 2 aromatic carbocycles. The van der Waals surface area contributed by atoms with Gasteiger partial charge in [0.25, 0.3) is 5.91 Å². The molecule has 0 aliphatic rings. The van der Waals surface area contributed by atoms with E-state index < -0.39 is 0 Å². The first-order chi connectivity index (χ1) is 12.9. The summed E-state index contributed by atoms with van der Waals surface area (Å²) in [4.78, 5) is 21.4. The van der Waals surface area contributed by atoms with Crippen molar-refractivity contribution in [3.63, 3.8) is 0 Å². The van der Waals surface area contributed by atoms with Crippen LogP contribution in [0.3, 0.4) is 0 Å². The number of anilines is 2. The van der Waals surface area contributed by atoms with Gasteiger partial charge in [-0.3, -0.25) is 4.79 Å². The van der Waals surface area contributed by atoms with Crippen LogP contribution in [0.4, 0.5) is 11.6 Å². The maximum Gasteiger partial charge on any atom is 0.274 e. The summed E-state index contributed by atoms with van der Waals surface area (Å²) in [7, 11) is 0. The molecule has 5 nitrogen and oxygen atoms in total. The van der Waals surface area contributed by atoms with Crippen molar-refractivity contribution in [2.45, 2.75) is 27.3 Å². The highest BCUT2D eigenvalue weighted by Gasteiger charge is 2.14. The molecule has 3 aromatic rings. The molecule has 0 aliphatic carbocycles. The molecule has 0 atom stereocenters. The molecule has 2 N–H and O–H groups in total. The highest BCUT2D eigenvalue weighted by molar-refractivity contribution is 6.34. The number of nitrogens with zero attached hydrogens (tertiary/aromatic N) is 2. The van der Waals surface area contributed by atoms with Crippen molar-refractivity contribution in [2.24, 2.45) is 0 Å². The van der Waals surface area contributed by atoms with Gasteiger partial charge in [-0.25, -0.2) is 9.97 Å². The Kier molecular flexibility index (Phi) is 5.72. The van der Waals surface area contributed by atoms with Crippen molar-refractivity contribution in [3.8, 4) is 0 Å². The van der Waals surface area contributed by atoms with Crippen LogP contribution in [0.15, 0.2) is 48.5 Å². The van der Waals surface area contributed by atoms with Gasteiger partial charge in [0.05, 0.1) is 10.7 Å². The van der Waals surface area contributed by atoms with E-state index in [9.17, 15) is 4.79 Å². The number of amides is 1. The second kappa shape index (κ2) is 8.18. The number of aryl methyl sites for hydroxylation is 3. The van der Waals surface area contributed by atoms with Gasteiger partial charge in [-0.15, -0.1) is 0 Å². The maximum absolute atomic E-state index is 12.7. The second-order valence-corrected chi connectivity index (χ2v) is 6.86. The summed E-state index contributed by atoms with van der Waals surface area (Å²) in [6, 6.07) is 15.4. The lowest BCUT2D eigenvalue weighted by atomic mass is 10.1. The summed E-state index contributed by atoms with van der Waals surface area (Å²) in [6.07, 6.45) is 0. The van der Waals surface area contributed by atoms with E-state index in [1.807, 2.05) is 63.2 Å². The normalized spacial score (nSPS) is 10.5. The van der Waals surface area contributed by atoms with E-state index in [2.05, 4.69) is 20.6 Å². The molecule has 1 aromatic heterocycles. The molecule has 6 heteroatoms. The number of carbonyl (C=O) groups excluding carboxylic acids is 1. The third-order valence-electron chi connectivity index (χ3n) is 4.05. The Morgan fingerprint density at radius 1 is 1.04 bits per heavy atom. The average Bonchev–Trinajstić information content (AvgIpc) is 2.63. The summed E-state index contributed by atoms with van der Waals surface area (Å²) < 4.78 is 0. The van der Waals surface area contributed by atoms with Gasteiger partial charge >= 0.3 is 0 Å². The Hall–Kier alpha value is -2.92. The molecule has 0 bridgehead atoms. The highest BCUT2D eigenvalue weighted by atomic mass is 35.5. The van der Waals surface area contributed by atoms with Crippen molar-refractivity contribution in [1.29, 1.82) is 0 Å². The minimum Gasteiger partial charge on any atom is -0.350 e. The van der Waals surface area contributed by atoms with E-state index in [0.29, 0.717) is 28.9 Å². The fraction of sp³-hybridized carbons (Fsp3) is 0.190. The quantitative estimate of drug-likeness (QED) is 0.659. The van der Waals surface area contributed by atoms with E-state index in [0.717, 1.165) is 16.7 Å². The Morgan fingerprint density at radius 3 is 2.48 bits per heavy atom. The van der Waals surface area contributed by atoms with Crippen LogP contribution in [0.25, 0.3) is 0 Å². The number of halogens is 1. The summed E-state index contributed by atoms with van der Waals surface area (Å²) in [5.74, 6) is 0.0906. The van der Waals surface area contributed by atoms with E-state index in [-0.39, 0.29) is 11.6 Å². The minimum absolute atomic E-state index is 0.286. The van der Waals surface area contributed by atoms with Crippen molar-refractivity contribution in [1.82, 2.24) is 9.97 Å². The van der Waals surface area contributed by atoms with E-state index in [1.165, 1.54) is 0 Å². The van der Waals surface area contributed by atoms with Crippen LogP contribution in [0, 0.1) is 20.8 Å². The molecular weight excluding hydrogens is 360 g/mol. The lowest BCUT2D eigenvalue weighted by molar-refractivity contribution is 0.102. The zero-order chi connectivity index (χ0) is 19.4. The fourth-order valence-corrected chi connectivity index (χ4v) is 3.16. The highest BCUT2D eigenvalue weighted by Crippen LogP contribution is 2.27. The van der Waals surface area contributed by atoms with Crippen LogP contribution < -0.4 is 10.6 Å². The van der Waals surface area contributed by atoms with E-state index >= 15 is 0 Å². The van der Waals surface area contributed by atoms with Gasteiger partial charge in [-0.2, -0.15) is 0 Å². The zero-order valence-corrected chi connectivity index (χ0v) is 16.3. The predicted molar refractivity (Wildman–Crippen MR) is 109 cm³/mol. The van der Waals surface area contributed by atoms with Gasteiger partial charge in [0.15, 0.2) is 0 Å². The SMILES string of the molecule is Cc1cc(C)c(NC(=O)c2cc(C)nc(NCc3ccccc3)n2)c(Cl)c1. The zero-order valence-electron chi connectivity index (χ0n) is 15.5. The number of hydrogen-bond acceptors (Lipinski definition) is 4. The summed E-state index contributed by atoms with van der Waals surface area (Å²) in [5, 5.41) is 6.53. The lowest BCUT2D eigenvalue weighted by Gasteiger charge is -2.12. The van der Waals surface area contributed by atoms with Gasteiger partial charge in [0, 0.05) is 12.2 Å². The smallest absolute Gasteiger partial charge is 0.274 e. The standard InChI is InChI=1S/C21H21ClN4O/c1-13-9-14(2)19(17(22)10-13)26-20(27)18-11-15(3)24-21(25-18)23-12-16-7-5-4-6-8-16/h4-11H,12H2,1-3H3,(H,26,27)(H,23,24,25). The van der Waals surface area contributed by atoms with Crippen LogP contribution in [-0.4, -0.2) is 15.9 Å². The molecule has 1 heterocycles. The molecule has 3 rings (SSSR count). The number of carbonyl (C=O) groups is 1. The molecule has 1 amide bonds. The maximum atomic E-state index is 12.7. The molecule has 0 saturated heterocycles. The van der Waals surface area contributed by atoms with Gasteiger partial charge < -0.3 is 10.6 Å². The van der Waals surface area contributed by atoms with Gasteiger partial charge in [-0.1, -0.05) is 48.0 Å². The van der Waals surface area contributed by atoms with Crippen molar-refractivity contribution in [2.75, 3.05) is 10.6 Å². The summed E-state index contributed by atoms with van der Waals surface area (Å²) >= 11 is 6.29. The fourth-order valence-electron chi connectivity index (χ4n) is 2.79. The Balaban J connectivity index is 1.78. The minimum atomic E-state index is -0.322. The largest absolute Gasteiger partial charge is 0.350 e. The number of aromatic nitrogens is 2. The van der Waals surface area contributed by atoms with E-state index in [4.69, 9.17) is 11.6 Å². The molecule has 0 unspecified atom stereocenters. The summed E-state index contributed by atoms with van der Waals surface area (Å²) in [5.41, 5.74) is 4.65. The number of rotatable bonds is 5. The first kappa shape index (κ1) is 18.9.